The smallest absolute Gasteiger partial charge is 0.0897 e. The molecule has 0 aliphatic heterocycles. The summed E-state index contributed by atoms with van der Waals surface area (Å²) in [5.74, 6) is 0.467. The van der Waals surface area contributed by atoms with Crippen LogP contribution in [0.4, 0.5) is 5.69 Å². The van der Waals surface area contributed by atoms with Crippen molar-refractivity contribution in [2.75, 3.05) is 5.73 Å². The van der Waals surface area contributed by atoms with Gasteiger partial charge >= 0.3 is 0 Å². The Morgan fingerprint density at radius 3 is 2.62 bits per heavy atom. The van der Waals surface area contributed by atoms with Crippen molar-refractivity contribution in [3.8, 4) is 0 Å². The second-order valence-electron chi connectivity index (χ2n) is 3.42. The van der Waals surface area contributed by atoms with Crippen LogP contribution in [0.25, 0.3) is 0 Å². The van der Waals surface area contributed by atoms with Crippen molar-refractivity contribution in [1.29, 1.82) is 0 Å². The lowest BCUT2D eigenvalue weighted by atomic mass is 10.3. The van der Waals surface area contributed by atoms with Gasteiger partial charge < -0.3 is 5.73 Å². The van der Waals surface area contributed by atoms with Crippen molar-refractivity contribution in [1.82, 2.24) is 4.98 Å². The standard InChI is InChI=1S/C11H12N2OS2/c1-8-13-10(6-15-8)7-16(14)11-4-2-9(12)3-5-11/h2-6H,7,12H2,1H3. The maximum Gasteiger partial charge on any atom is 0.0897 e. The molecule has 1 unspecified atom stereocenters. The molecule has 5 heteroatoms. The summed E-state index contributed by atoms with van der Waals surface area (Å²) >= 11 is 1.58. The highest BCUT2D eigenvalue weighted by atomic mass is 32.2. The quantitative estimate of drug-likeness (QED) is 0.853. The fourth-order valence-corrected chi connectivity index (χ4v) is 3.05. The first-order valence-electron chi connectivity index (χ1n) is 4.80. The molecule has 0 aliphatic carbocycles. The molecule has 0 aliphatic rings. The van der Waals surface area contributed by atoms with Gasteiger partial charge in [-0.2, -0.15) is 0 Å². The molecule has 1 atom stereocenters. The van der Waals surface area contributed by atoms with Crippen LogP contribution in [0.15, 0.2) is 34.5 Å². The number of thiazole rings is 1. The molecule has 2 rings (SSSR count). The maximum absolute atomic E-state index is 12.0. The number of hydrogen-bond donors (Lipinski definition) is 1. The van der Waals surface area contributed by atoms with E-state index in [0.717, 1.165) is 15.6 Å². The Hall–Kier alpha value is -1.20. The van der Waals surface area contributed by atoms with Crippen LogP contribution in [0.5, 0.6) is 0 Å². The summed E-state index contributed by atoms with van der Waals surface area (Å²) in [5, 5.41) is 2.95. The molecule has 16 heavy (non-hydrogen) atoms. The maximum atomic E-state index is 12.0. The zero-order valence-corrected chi connectivity index (χ0v) is 10.5. The molecular formula is C11H12N2OS2. The van der Waals surface area contributed by atoms with Crippen LogP contribution in [0.3, 0.4) is 0 Å². The molecule has 84 valence electrons. The number of hydrogen-bond acceptors (Lipinski definition) is 4. The Balaban J connectivity index is 2.11. The molecule has 0 amide bonds. The number of aryl methyl sites for hydroxylation is 1. The van der Waals surface area contributed by atoms with Gasteiger partial charge in [0.1, 0.15) is 0 Å². The topological polar surface area (TPSA) is 56.0 Å². The summed E-state index contributed by atoms with van der Waals surface area (Å²) < 4.78 is 12.0. The van der Waals surface area contributed by atoms with Crippen LogP contribution < -0.4 is 5.73 Å². The minimum Gasteiger partial charge on any atom is -0.399 e. The van der Waals surface area contributed by atoms with Gasteiger partial charge in [-0.05, 0) is 31.2 Å². The first-order valence-corrected chi connectivity index (χ1v) is 7.00. The zero-order valence-electron chi connectivity index (χ0n) is 8.84. The molecule has 2 aromatic rings. The average Bonchev–Trinajstić information content (AvgIpc) is 2.65. The van der Waals surface area contributed by atoms with Crippen molar-refractivity contribution in [3.05, 3.63) is 40.3 Å². The van der Waals surface area contributed by atoms with Crippen molar-refractivity contribution in [2.45, 2.75) is 17.6 Å². The molecule has 0 saturated carbocycles. The van der Waals surface area contributed by atoms with E-state index in [1.807, 2.05) is 12.3 Å². The first kappa shape index (κ1) is 11.3. The highest BCUT2D eigenvalue weighted by Gasteiger charge is 2.07. The number of nitrogens with two attached hydrogens (primary N) is 1. The second-order valence-corrected chi connectivity index (χ2v) is 5.93. The van der Waals surface area contributed by atoms with Gasteiger partial charge in [0, 0.05) is 16.0 Å². The van der Waals surface area contributed by atoms with Crippen LogP contribution in [0.1, 0.15) is 10.7 Å². The van der Waals surface area contributed by atoms with Crippen molar-refractivity contribution in [2.24, 2.45) is 0 Å². The molecule has 0 saturated heterocycles. The second kappa shape index (κ2) is 4.76. The summed E-state index contributed by atoms with van der Waals surface area (Å²) in [6, 6.07) is 7.12. The third-order valence-corrected chi connectivity index (χ3v) is 4.27. The van der Waals surface area contributed by atoms with E-state index in [0.29, 0.717) is 11.4 Å². The predicted octanol–water partition coefficient (Wildman–Crippen LogP) is 2.34. The lowest BCUT2D eigenvalue weighted by molar-refractivity contribution is 0.682. The number of aromatic nitrogens is 1. The molecule has 2 N–H and O–H groups in total. The highest BCUT2D eigenvalue weighted by Crippen LogP contribution is 2.15. The van der Waals surface area contributed by atoms with Gasteiger partial charge in [0.2, 0.25) is 0 Å². The van der Waals surface area contributed by atoms with Gasteiger partial charge in [0.25, 0.3) is 0 Å². The third-order valence-electron chi connectivity index (χ3n) is 2.09. The van der Waals surface area contributed by atoms with E-state index in [4.69, 9.17) is 5.73 Å². The average molecular weight is 252 g/mol. The summed E-state index contributed by atoms with van der Waals surface area (Å²) in [5.41, 5.74) is 7.15. The van der Waals surface area contributed by atoms with E-state index in [1.54, 1.807) is 35.6 Å². The van der Waals surface area contributed by atoms with Crippen LogP contribution in [0.2, 0.25) is 0 Å². The number of rotatable bonds is 3. The Labute approximate surface area is 101 Å². The summed E-state index contributed by atoms with van der Waals surface area (Å²) in [4.78, 5) is 5.09. The Bertz CT molecular complexity index is 505. The molecule has 1 aromatic carbocycles. The lowest BCUT2D eigenvalue weighted by Crippen LogP contribution is -1.97. The number of nitrogens with zero attached hydrogens (tertiary/aromatic N) is 1. The van der Waals surface area contributed by atoms with Gasteiger partial charge in [-0.15, -0.1) is 11.3 Å². The summed E-state index contributed by atoms with van der Waals surface area (Å²) in [7, 11) is -1.04. The van der Waals surface area contributed by atoms with E-state index >= 15 is 0 Å². The molecule has 0 spiro atoms. The van der Waals surface area contributed by atoms with Gasteiger partial charge in [-0.25, -0.2) is 4.98 Å². The van der Waals surface area contributed by atoms with E-state index in [9.17, 15) is 4.21 Å². The molecule has 0 bridgehead atoms. The molecule has 0 fully saturated rings. The highest BCUT2D eigenvalue weighted by molar-refractivity contribution is 7.84. The van der Waals surface area contributed by atoms with Crippen molar-refractivity contribution >= 4 is 27.8 Å². The molecular weight excluding hydrogens is 240 g/mol. The zero-order chi connectivity index (χ0) is 11.5. The van der Waals surface area contributed by atoms with Crippen molar-refractivity contribution in [3.63, 3.8) is 0 Å². The molecule has 3 nitrogen and oxygen atoms in total. The van der Waals surface area contributed by atoms with E-state index in [-0.39, 0.29) is 0 Å². The summed E-state index contributed by atoms with van der Waals surface area (Å²) in [6.45, 7) is 1.94. The fraction of sp³-hybridized carbons (Fsp3) is 0.182. The monoisotopic (exact) mass is 252 g/mol. The normalized spacial score (nSPS) is 12.6. The third kappa shape index (κ3) is 2.68. The van der Waals surface area contributed by atoms with Gasteiger partial charge in [0.05, 0.1) is 27.3 Å². The van der Waals surface area contributed by atoms with Crippen LogP contribution in [0, 0.1) is 6.92 Å². The van der Waals surface area contributed by atoms with Crippen LogP contribution in [-0.4, -0.2) is 9.19 Å². The van der Waals surface area contributed by atoms with Gasteiger partial charge in [0.15, 0.2) is 0 Å². The molecule has 0 radical (unpaired) electrons. The largest absolute Gasteiger partial charge is 0.399 e. The Kier molecular flexibility index (Phi) is 3.36. The SMILES string of the molecule is Cc1nc(CS(=O)c2ccc(N)cc2)cs1. The van der Waals surface area contributed by atoms with E-state index in [1.165, 1.54) is 0 Å². The van der Waals surface area contributed by atoms with Gasteiger partial charge in [-0.1, -0.05) is 0 Å². The van der Waals surface area contributed by atoms with Crippen LogP contribution >= 0.6 is 11.3 Å². The Morgan fingerprint density at radius 1 is 1.38 bits per heavy atom. The van der Waals surface area contributed by atoms with Crippen molar-refractivity contribution < 1.29 is 4.21 Å². The fourth-order valence-electron chi connectivity index (χ4n) is 1.31. The Morgan fingerprint density at radius 2 is 2.06 bits per heavy atom. The van der Waals surface area contributed by atoms with Gasteiger partial charge in [-0.3, -0.25) is 4.21 Å². The number of benzene rings is 1. The summed E-state index contributed by atoms with van der Waals surface area (Å²) in [6.07, 6.45) is 0. The lowest BCUT2D eigenvalue weighted by Gasteiger charge is -2.00. The molecule has 1 heterocycles. The number of anilines is 1. The predicted molar refractivity (Wildman–Crippen MR) is 67.8 cm³/mol. The van der Waals surface area contributed by atoms with Crippen LogP contribution in [-0.2, 0) is 16.6 Å². The molecule has 1 aromatic heterocycles. The van der Waals surface area contributed by atoms with E-state index < -0.39 is 10.8 Å². The first-order chi connectivity index (χ1) is 7.65. The number of nitrogen functional groups attached to an aromatic ring is 1. The minimum absolute atomic E-state index is 0.467. The van der Waals surface area contributed by atoms with E-state index in [2.05, 4.69) is 4.98 Å². The minimum atomic E-state index is -1.04.